The summed E-state index contributed by atoms with van der Waals surface area (Å²) < 4.78 is 1.10. The minimum absolute atomic E-state index is 0.380. The monoisotopic (exact) mass is 284 g/mol. The highest BCUT2D eigenvalue weighted by molar-refractivity contribution is 9.10. The number of hydrogen-bond donors (Lipinski definition) is 2. The van der Waals surface area contributed by atoms with Crippen LogP contribution < -0.4 is 11.1 Å². The first kappa shape index (κ1) is 13.5. The average Bonchev–Trinajstić information content (AvgIpc) is 2.30. The Bertz CT molecular complexity index is 302. The van der Waals surface area contributed by atoms with Gasteiger partial charge in [-0.05, 0) is 34.5 Å². The summed E-state index contributed by atoms with van der Waals surface area (Å²) in [5.41, 5.74) is 6.91. The molecule has 3 N–H and O–H groups in total. The fraction of sp³-hybridized carbons (Fsp3) is 0.538. The molecule has 0 saturated heterocycles. The Labute approximate surface area is 107 Å². The Kier molecular flexibility index (Phi) is 6.50. The maximum absolute atomic E-state index is 5.78. The molecule has 0 saturated carbocycles. The third-order valence-corrected chi connectivity index (χ3v) is 3.37. The summed E-state index contributed by atoms with van der Waals surface area (Å²) in [6, 6.07) is 8.55. The Morgan fingerprint density at radius 1 is 1.31 bits per heavy atom. The molecule has 0 aliphatic carbocycles. The predicted octanol–water partition coefficient (Wildman–Crippen LogP) is 3.77. The first-order valence-corrected chi connectivity index (χ1v) is 6.78. The normalized spacial score (nSPS) is 12.4. The number of halogens is 1. The molecule has 0 bridgehead atoms. The first-order chi connectivity index (χ1) is 7.77. The van der Waals surface area contributed by atoms with Crippen molar-refractivity contribution in [3.05, 3.63) is 28.7 Å². The quantitative estimate of drug-likeness (QED) is 0.748. The van der Waals surface area contributed by atoms with Gasteiger partial charge >= 0.3 is 0 Å². The summed E-state index contributed by atoms with van der Waals surface area (Å²) in [5, 5.41) is 3.48. The summed E-state index contributed by atoms with van der Waals surface area (Å²) >= 11 is 3.53. The van der Waals surface area contributed by atoms with Crippen molar-refractivity contribution in [2.75, 3.05) is 11.9 Å². The molecule has 1 unspecified atom stereocenters. The van der Waals surface area contributed by atoms with Crippen LogP contribution in [-0.2, 0) is 0 Å². The van der Waals surface area contributed by atoms with E-state index in [9.17, 15) is 0 Å². The molecular weight excluding hydrogens is 264 g/mol. The molecule has 0 aliphatic heterocycles. The van der Waals surface area contributed by atoms with Crippen LogP contribution in [0.25, 0.3) is 0 Å². The van der Waals surface area contributed by atoms with Gasteiger partial charge in [0.15, 0.2) is 0 Å². The summed E-state index contributed by atoms with van der Waals surface area (Å²) in [5.74, 6) is 0. The van der Waals surface area contributed by atoms with Crippen molar-refractivity contribution in [2.45, 2.75) is 38.6 Å². The van der Waals surface area contributed by atoms with Crippen molar-refractivity contribution in [3.63, 3.8) is 0 Å². The summed E-state index contributed by atoms with van der Waals surface area (Å²) in [6.45, 7) is 2.91. The maximum Gasteiger partial charge on any atom is 0.0487 e. The zero-order chi connectivity index (χ0) is 11.8. The van der Waals surface area contributed by atoms with Crippen LogP contribution in [0.3, 0.4) is 0 Å². The summed E-state index contributed by atoms with van der Waals surface area (Å²) in [4.78, 5) is 0. The molecular formula is C13H21BrN2. The number of hydrogen-bond acceptors (Lipinski definition) is 2. The van der Waals surface area contributed by atoms with Crippen LogP contribution in [0.2, 0.25) is 0 Å². The number of nitrogens with one attached hydrogen (secondary N) is 1. The van der Waals surface area contributed by atoms with E-state index in [0.717, 1.165) is 16.6 Å². The van der Waals surface area contributed by atoms with Gasteiger partial charge in [-0.15, -0.1) is 0 Å². The van der Waals surface area contributed by atoms with Gasteiger partial charge in [0, 0.05) is 22.7 Å². The van der Waals surface area contributed by atoms with Crippen molar-refractivity contribution in [1.82, 2.24) is 0 Å². The van der Waals surface area contributed by atoms with Gasteiger partial charge in [0.25, 0.3) is 0 Å². The molecule has 1 rings (SSSR count). The van der Waals surface area contributed by atoms with E-state index >= 15 is 0 Å². The van der Waals surface area contributed by atoms with Gasteiger partial charge in [0.2, 0.25) is 0 Å². The molecule has 3 heteroatoms. The second-order valence-corrected chi connectivity index (χ2v) is 4.91. The molecule has 16 heavy (non-hydrogen) atoms. The summed E-state index contributed by atoms with van der Waals surface area (Å²) in [6.07, 6.45) is 4.93. The van der Waals surface area contributed by atoms with Crippen LogP contribution in [-0.4, -0.2) is 12.6 Å². The number of para-hydroxylation sites is 1. The lowest BCUT2D eigenvalue weighted by molar-refractivity contribution is 0.591. The molecule has 1 aromatic rings. The number of nitrogens with two attached hydrogens (primary N) is 1. The van der Waals surface area contributed by atoms with Crippen LogP contribution in [0.15, 0.2) is 28.7 Å². The van der Waals surface area contributed by atoms with Gasteiger partial charge < -0.3 is 11.1 Å². The lowest BCUT2D eigenvalue weighted by atomic mass is 10.1. The van der Waals surface area contributed by atoms with Crippen LogP contribution >= 0.6 is 15.9 Å². The van der Waals surface area contributed by atoms with E-state index in [1.807, 2.05) is 18.2 Å². The SMILES string of the molecule is CCCCCC(CN)Nc1ccccc1Br. The second kappa shape index (κ2) is 7.69. The zero-order valence-electron chi connectivity index (χ0n) is 9.88. The van der Waals surface area contributed by atoms with Gasteiger partial charge in [-0.3, -0.25) is 0 Å². The molecule has 0 spiro atoms. The molecule has 1 atom stereocenters. The zero-order valence-corrected chi connectivity index (χ0v) is 11.5. The van der Waals surface area contributed by atoms with Gasteiger partial charge in [0.1, 0.15) is 0 Å². The molecule has 2 nitrogen and oxygen atoms in total. The Hall–Kier alpha value is -0.540. The highest BCUT2D eigenvalue weighted by Gasteiger charge is 2.07. The van der Waals surface area contributed by atoms with Crippen LogP contribution in [0.1, 0.15) is 32.6 Å². The average molecular weight is 285 g/mol. The Balaban J connectivity index is 2.46. The fourth-order valence-electron chi connectivity index (χ4n) is 1.69. The maximum atomic E-state index is 5.78. The second-order valence-electron chi connectivity index (χ2n) is 4.05. The minimum atomic E-state index is 0.380. The molecule has 0 aromatic heterocycles. The third-order valence-electron chi connectivity index (χ3n) is 2.67. The lowest BCUT2D eigenvalue weighted by Crippen LogP contribution is -2.28. The third kappa shape index (κ3) is 4.54. The van der Waals surface area contributed by atoms with E-state index in [1.165, 1.54) is 19.3 Å². The van der Waals surface area contributed by atoms with Gasteiger partial charge in [-0.2, -0.15) is 0 Å². The molecule has 1 aromatic carbocycles. The van der Waals surface area contributed by atoms with E-state index in [4.69, 9.17) is 5.73 Å². The van der Waals surface area contributed by atoms with Crippen LogP contribution in [0, 0.1) is 0 Å². The highest BCUT2D eigenvalue weighted by Crippen LogP contribution is 2.22. The Morgan fingerprint density at radius 3 is 2.69 bits per heavy atom. The molecule has 90 valence electrons. The molecule has 0 fully saturated rings. The van der Waals surface area contributed by atoms with Crippen molar-refractivity contribution < 1.29 is 0 Å². The topological polar surface area (TPSA) is 38.0 Å². The summed E-state index contributed by atoms with van der Waals surface area (Å²) in [7, 11) is 0. The van der Waals surface area contributed by atoms with Crippen LogP contribution in [0.4, 0.5) is 5.69 Å². The predicted molar refractivity (Wildman–Crippen MR) is 74.7 cm³/mol. The first-order valence-electron chi connectivity index (χ1n) is 5.99. The largest absolute Gasteiger partial charge is 0.380 e. The fourth-order valence-corrected chi connectivity index (χ4v) is 2.09. The van der Waals surface area contributed by atoms with Crippen molar-refractivity contribution in [1.29, 1.82) is 0 Å². The lowest BCUT2D eigenvalue weighted by Gasteiger charge is -2.18. The van der Waals surface area contributed by atoms with E-state index in [0.29, 0.717) is 12.6 Å². The van der Waals surface area contributed by atoms with Crippen molar-refractivity contribution in [2.24, 2.45) is 5.73 Å². The van der Waals surface area contributed by atoms with Gasteiger partial charge in [-0.1, -0.05) is 38.3 Å². The molecule has 0 amide bonds. The van der Waals surface area contributed by atoms with E-state index in [2.05, 4.69) is 34.2 Å². The van der Waals surface area contributed by atoms with E-state index < -0.39 is 0 Å². The van der Waals surface area contributed by atoms with E-state index in [1.54, 1.807) is 0 Å². The smallest absolute Gasteiger partial charge is 0.0487 e. The van der Waals surface area contributed by atoms with Gasteiger partial charge in [-0.25, -0.2) is 0 Å². The standard InChI is InChI=1S/C13H21BrN2/c1-2-3-4-7-11(10-15)16-13-9-6-5-8-12(13)14/h5-6,8-9,11,16H,2-4,7,10,15H2,1H3. The Morgan fingerprint density at radius 2 is 2.06 bits per heavy atom. The van der Waals surface area contributed by atoms with Crippen LogP contribution in [0.5, 0.6) is 0 Å². The number of unbranched alkanes of at least 4 members (excludes halogenated alkanes) is 2. The number of benzene rings is 1. The van der Waals surface area contributed by atoms with E-state index in [-0.39, 0.29) is 0 Å². The molecule has 0 aliphatic rings. The van der Waals surface area contributed by atoms with Crippen molar-refractivity contribution in [3.8, 4) is 0 Å². The number of rotatable bonds is 7. The minimum Gasteiger partial charge on any atom is -0.380 e. The highest BCUT2D eigenvalue weighted by atomic mass is 79.9. The van der Waals surface area contributed by atoms with Crippen molar-refractivity contribution >= 4 is 21.6 Å². The van der Waals surface area contributed by atoms with Gasteiger partial charge in [0.05, 0.1) is 0 Å². The molecule has 0 heterocycles. The number of anilines is 1. The molecule has 0 radical (unpaired) electrons.